The Labute approximate surface area is 117 Å². The van der Waals surface area contributed by atoms with Crippen molar-refractivity contribution in [2.24, 2.45) is 5.92 Å². The normalized spacial score (nSPS) is 25.3. The second-order valence-corrected chi connectivity index (χ2v) is 5.68. The van der Waals surface area contributed by atoms with E-state index in [1.165, 1.54) is 0 Å². The number of carbonyl (C=O) groups is 2. The van der Waals surface area contributed by atoms with Crippen molar-refractivity contribution in [3.8, 4) is 0 Å². The molecule has 0 aromatic heterocycles. The Morgan fingerprint density at radius 2 is 2.25 bits per heavy atom. The van der Waals surface area contributed by atoms with Crippen molar-refractivity contribution in [2.75, 3.05) is 18.4 Å². The molecule has 0 bridgehead atoms. The van der Waals surface area contributed by atoms with Gasteiger partial charge in [0.1, 0.15) is 0 Å². The lowest BCUT2D eigenvalue weighted by Crippen LogP contribution is -2.44. The molecule has 2 aliphatic rings. The molecule has 1 aromatic carbocycles. The molecule has 5 heteroatoms. The predicted molar refractivity (Wildman–Crippen MR) is 74.5 cm³/mol. The number of amides is 2. The second-order valence-electron chi connectivity index (χ2n) is 5.68. The molecule has 0 radical (unpaired) electrons. The number of benzene rings is 1. The summed E-state index contributed by atoms with van der Waals surface area (Å²) in [6, 6.07) is 5.34. The summed E-state index contributed by atoms with van der Waals surface area (Å²) in [5.41, 5.74) is 2.30. The standard InChI is InChI=1S/C15H18N2O3/c1-9-8-17(5-4-13(9)18)15(20)10-2-3-12-11(6-10)7-14(19)16-12/h2-3,6,9,13,18H,4-5,7-8H2,1H3,(H,16,19). The highest BCUT2D eigenvalue weighted by Gasteiger charge is 2.28. The molecule has 3 rings (SSSR count). The van der Waals surface area contributed by atoms with Gasteiger partial charge in [0.2, 0.25) is 5.91 Å². The van der Waals surface area contributed by atoms with Crippen molar-refractivity contribution in [3.05, 3.63) is 29.3 Å². The molecule has 5 nitrogen and oxygen atoms in total. The molecule has 1 aromatic rings. The Morgan fingerprint density at radius 3 is 3.00 bits per heavy atom. The monoisotopic (exact) mass is 274 g/mol. The Morgan fingerprint density at radius 1 is 1.45 bits per heavy atom. The summed E-state index contributed by atoms with van der Waals surface area (Å²) in [6.45, 7) is 3.11. The number of aliphatic hydroxyl groups is 1. The topological polar surface area (TPSA) is 69.6 Å². The Hall–Kier alpha value is -1.88. The summed E-state index contributed by atoms with van der Waals surface area (Å²) in [6.07, 6.45) is 0.643. The third kappa shape index (κ3) is 2.29. The summed E-state index contributed by atoms with van der Waals surface area (Å²) in [5.74, 6) is 0.0515. The number of aliphatic hydroxyl groups excluding tert-OH is 1. The largest absolute Gasteiger partial charge is 0.393 e. The summed E-state index contributed by atoms with van der Waals surface area (Å²) < 4.78 is 0. The third-order valence-corrected chi connectivity index (χ3v) is 4.12. The van der Waals surface area contributed by atoms with Crippen molar-refractivity contribution in [2.45, 2.75) is 25.9 Å². The number of carbonyl (C=O) groups excluding carboxylic acids is 2. The highest BCUT2D eigenvalue weighted by Crippen LogP contribution is 2.25. The van der Waals surface area contributed by atoms with Gasteiger partial charge in [-0.3, -0.25) is 9.59 Å². The van der Waals surface area contributed by atoms with Crippen LogP contribution in [-0.2, 0) is 11.2 Å². The average Bonchev–Trinajstić information content (AvgIpc) is 2.80. The number of hydrogen-bond donors (Lipinski definition) is 2. The van der Waals surface area contributed by atoms with E-state index in [1.54, 1.807) is 23.1 Å². The van der Waals surface area contributed by atoms with Crippen LogP contribution in [0.4, 0.5) is 5.69 Å². The summed E-state index contributed by atoms with van der Waals surface area (Å²) in [4.78, 5) is 25.6. The van der Waals surface area contributed by atoms with Crippen LogP contribution in [0.25, 0.3) is 0 Å². The summed E-state index contributed by atoms with van der Waals surface area (Å²) in [7, 11) is 0. The van der Waals surface area contributed by atoms with Gasteiger partial charge in [0.15, 0.2) is 0 Å². The molecule has 2 amide bonds. The third-order valence-electron chi connectivity index (χ3n) is 4.12. The van der Waals surface area contributed by atoms with Crippen LogP contribution in [0.5, 0.6) is 0 Å². The van der Waals surface area contributed by atoms with E-state index in [-0.39, 0.29) is 23.8 Å². The molecule has 2 atom stereocenters. The number of nitrogens with zero attached hydrogens (tertiary/aromatic N) is 1. The Bertz CT molecular complexity index is 570. The van der Waals surface area contributed by atoms with Crippen LogP contribution in [0.2, 0.25) is 0 Å². The number of likely N-dealkylation sites (tertiary alicyclic amines) is 1. The van der Waals surface area contributed by atoms with E-state index >= 15 is 0 Å². The van der Waals surface area contributed by atoms with Gasteiger partial charge in [-0.25, -0.2) is 0 Å². The van der Waals surface area contributed by atoms with Crippen LogP contribution < -0.4 is 5.32 Å². The number of anilines is 1. The highest BCUT2D eigenvalue weighted by atomic mass is 16.3. The summed E-state index contributed by atoms with van der Waals surface area (Å²) in [5, 5.41) is 12.5. The number of fused-ring (bicyclic) bond motifs is 1. The first-order valence-corrected chi connectivity index (χ1v) is 6.94. The highest BCUT2D eigenvalue weighted by molar-refractivity contribution is 6.01. The van der Waals surface area contributed by atoms with Crippen molar-refractivity contribution in [3.63, 3.8) is 0 Å². The van der Waals surface area contributed by atoms with Gasteiger partial charge in [0, 0.05) is 24.3 Å². The maximum atomic E-state index is 12.5. The van der Waals surface area contributed by atoms with E-state index in [0.29, 0.717) is 31.5 Å². The van der Waals surface area contributed by atoms with E-state index in [9.17, 15) is 14.7 Å². The van der Waals surface area contributed by atoms with Crippen LogP contribution in [0.3, 0.4) is 0 Å². The minimum atomic E-state index is -0.319. The lowest BCUT2D eigenvalue weighted by molar-refractivity contribution is -0.115. The number of nitrogens with one attached hydrogen (secondary N) is 1. The van der Waals surface area contributed by atoms with Crippen molar-refractivity contribution < 1.29 is 14.7 Å². The van der Waals surface area contributed by atoms with E-state index in [1.807, 2.05) is 6.92 Å². The lowest BCUT2D eigenvalue weighted by Gasteiger charge is -2.34. The maximum absolute atomic E-state index is 12.5. The van der Waals surface area contributed by atoms with Crippen LogP contribution in [0.1, 0.15) is 29.3 Å². The van der Waals surface area contributed by atoms with Crippen molar-refractivity contribution in [1.29, 1.82) is 0 Å². The molecule has 20 heavy (non-hydrogen) atoms. The van der Waals surface area contributed by atoms with Crippen molar-refractivity contribution >= 4 is 17.5 Å². The molecule has 0 aliphatic carbocycles. The summed E-state index contributed by atoms with van der Waals surface area (Å²) >= 11 is 0. The SMILES string of the molecule is CC1CN(C(=O)c2ccc3c(c2)CC(=O)N3)CCC1O. The van der Waals surface area contributed by atoms with Gasteiger partial charge in [0.25, 0.3) is 5.91 Å². The zero-order valence-electron chi connectivity index (χ0n) is 11.4. The molecule has 1 fully saturated rings. The van der Waals surface area contributed by atoms with Gasteiger partial charge in [-0.15, -0.1) is 0 Å². The van der Waals surface area contributed by atoms with Crippen molar-refractivity contribution in [1.82, 2.24) is 4.90 Å². The second kappa shape index (κ2) is 4.90. The van der Waals surface area contributed by atoms with Crippen LogP contribution in [0.15, 0.2) is 18.2 Å². The van der Waals surface area contributed by atoms with E-state index < -0.39 is 0 Å². The van der Waals surface area contributed by atoms with Gasteiger partial charge in [-0.1, -0.05) is 6.92 Å². The predicted octanol–water partition coefficient (Wildman–Crippen LogP) is 1.02. The molecular formula is C15H18N2O3. The fourth-order valence-corrected chi connectivity index (χ4v) is 2.86. The van der Waals surface area contributed by atoms with E-state index in [4.69, 9.17) is 0 Å². The van der Waals surface area contributed by atoms with E-state index in [2.05, 4.69) is 5.32 Å². The molecule has 0 spiro atoms. The minimum Gasteiger partial charge on any atom is -0.393 e. The smallest absolute Gasteiger partial charge is 0.253 e. The molecule has 106 valence electrons. The number of rotatable bonds is 1. The molecule has 2 N–H and O–H groups in total. The van der Waals surface area contributed by atoms with Crippen LogP contribution >= 0.6 is 0 Å². The fourth-order valence-electron chi connectivity index (χ4n) is 2.86. The zero-order valence-corrected chi connectivity index (χ0v) is 11.4. The number of hydrogen-bond acceptors (Lipinski definition) is 3. The molecule has 2 aliphatic heterocycles. The van der Waals surface area contributed by atoms with E-state index in [0.717, 1.165) is 11.3 Å². The lowest BCUT2D eigenvalue weighted by atomic mass is 9.96. The Balaban J connectivity index is 1.78. The van der Waals surface area contributed by atoms with Gasteiger partial charge in [-0.2, -0.15) is 0 Å². The maximum Gasteiger partial charge on any atom is 0.253 e. The first-order valence-electron chi connectivity index (χ1n) is 6.94. The first-order chi connectivity index (χ1) is 9.54. The zero-order chi connectivity index (χ0) is 14.3. The van der Waals surface area contributed by atoms with Gasteiger partial charge >= 0.3 is 0 Å². The molecule has 1 saturated heterocycles. The minimum absolute atomic E-state index is 0.0223. The molecule has 2 heterocycles. The van der Waals surface area contributed by atoms with Gasteiger partial charge in [0.05, 0.1) is 12.5 Å². The molecule has 2 unspecified atom stereocenters. The number of piperidine rings is 1. The first kappa shape index (κ1) is 13.1. The fraction of sp³-hybridized carbons (Fsp3) is 0.467. The Kier molecular flexibility index (Phi) is 3.22. The molecule has 0 saturated carbocycles. The quantitative estimate of drug-likeness (QED) is 0.803. The molecular weight excluding hydrogens is 256 g/mol. The van der Waals surface area contributed by atoms with Crippen LogP contribution in [-0.4, -0.2) is 41.0 Å². The van der Waals surface area contributed by atoms with Gasteiger partial charge in [-0.05, 0) is 36.1 Å². The van der Waals surface area contributed by atoms with Gasteiger partial charge < -0.3 is 15.3 Å². The average molecular weight is 274 g/mol. The van der Waals surface area contributed by atoms with Crippen LogP contribution in [0, 0.1) is 5.92 Å².